The summed E-state index contributed by atoms with van der Waals surface area (Å²) in [5.41, 5.74) is 0.806. The highest BCUT2D eigenvalue weighted by atomic mass is 16.8. The highest BCUT2D eigenvalue weighted by molar-refractivity contribution is 5.87. The molecule has 0 amide bonds. The minimum absolute atomic E-state index is 0.0479. The van der Waals surface area contributed by atoms with Crippen molar-refractivity contribution in [2.75, 3.05) is 34.5 Å². The molecule has 288 valence electrons. The SMILES string of the molecule is COC[C@@H]1O[C@@H](OC(=O)/C=C/c2ccc(OC(COC(C)=O)C(OC(C)=O)c3ccc(OC(C)=O)c(OC)c3)c(OC)c2)[C@H](OC(C)=O)[C@H]1OC(C)=O. The second-order valence-corrected chi connectivity index (χ2v) is 11.3. The summed E-state index contributed by atoms with van der Waals surface area (Å²) in [5, 5.41) is 0. The quantitative estimate of drug-likeness (QED) is 0.0987. The standard InChI is InChI=1S/C36H42O17/c1-19(37)46-18-31(33(48-21(3)39)25-11-13-26(47-20(2)38)29(16-25)45-8)51-27-12-9-24(15-28(27)44-7)10-14-32(42)53-36-35(50-23(5)41)34(49-22(4)40)30(52-36)17-43-6/h9-16,30-31,33-36H,17-18H2,1-8H3/b14-10+/t30-,31?,33?,34-,35+,36-/m0/s1. The first-order valence-corrected chi connectivity index (χ1v) is 16.0. The van der Waals surface area contributed by atoms with Crippen molar-refractivity contribution in [3.63, 3.8) is 0 Å². The topological polar surface area (TPSA) is 204 Å². The van der Waals surface area contributed by atoms with Crippen molar-refractivity contribution in [1.82, 2.24) is 0 Å². The highest BCUT2D eigenvalue weighted by Gasteiger charge is 2.51. The average molecular weight is 747 g/mol. The molecule has 17 heteroatoms. The lowest BCUT2D eigenvalue weighted by Crippen LogP contribution is -2.41. The number of methoxy groups -OCH3 is 3. The summed E-state index contributed by atoms with van der Waals surface area (Å²) in [6, 6.07) is 9.07. The molecule has 0 spiro atoms. The van der Waals surface area contributed by atoms with Crippen LogP contribution in [0.2, 0.25) is 0 Å². The number of esters is 6. The maximum absolute atomic E-state index is 12.9. The van der Waals surface area contributed by atoms with Crippen LogP contribution in [0.25, 0.3) is 6.08 Å². The molecule has 0 aliphatic carbocycles. The molecule has 3 rings (SSSR count). The molecule has 2 aromatic rings. The van der Waals surface area contributed by atoms with Crippen LogP contribution >= 0.6 is 0 Å². The number of carbonyl (C=O) groups excluding carboxylic acids is 6. The van der Waals surface area contributed by atoms with Crippen LogP contribution < -0.4 is 18.9 Å². The van der Waals surface area contributed by atoms with Crippen LogP contribution in [-0.2, 0) is 61.9 Å². The Morgan fingerprint density at radius 3 is 1.94 bits per heavy atom. The van der Waals surface area contributed by atoms with E-state index in [2.05, 4.69) is 0 Å². The van der Waals surface area contributed by atoms with Gasteiger partial charge >= 0.3 is 35.8 Å². The average Bonchev–Trinajstić information content (AvgIpc) is 3.37. The molecule has 0 aromatic heterocycles. The molecule has 0 N–H and O–H groups in total. The van der Waals surface area contributed by atoms with E-state index >= 15 is 0 Å². The minimum Gasteiger partial charge on any atom is -0.493 e. The molecule has 0 radical (unpaired) electrons. The fourth-order valence-electron chi connectivity index (χ4n) is 5.12. The zero-order valence-corrected chi connectivity index (χ0v) is 30.4. The van der Waals surface area contributed by atoms with E-state index in [4.69, 9.17) is 52.1 Å². The van der Waals surface area contributed by atoms with Crippen molar-refractivity contribution in [3.8, 4) is 23.0 Å². The Labute approximate surface area is 305 Å². The first-order chi connectivity index (χ1) is 25.1. The van der Waals surface area contributed by atoms with Crippen LogP contribution in [0.3, 0.4) is 0 Å². The Bertz CT molecular complexity index is 1670. The zero-order valence-electron chi connectivity index (χ0n) is 30.4. The third-order valence-corrected chi connectivity index (χ3v) is 7.16. The number of rotatable bonds is 17. The maximum Gasteiger partial charge on any atom is 0.333 e. The van der Waals surface area contributed by atoms with Crippen molar-refractivity contribution >= 4 is 41.9 Å². The smallest absolute Gasteiger partial charge is 0.333 e. The van der Waals surface area contributed by atoms with Crippen LogP contribution in [0.1, 0.15) is 51.8 Å². The Hall–Kier alpha value is -5.68. The van der Waals surface area contributed by atoms with Gasteiger partial charge in [0.2, 0.25) is 12.4 Å². The van der Waals surface area contributed by atoms with E-state index in [1.54, 1.807) is 6.07 Å². The van der Waals surface area contributed by atoms with E-state index < -0.39 is 72.6 Å². The summed E-state index contributed by atoms with van der Waals surface area (Å²) < 4.78 is 60.0. The molecule has 1 aliphatic heterocycles. The molecule has 2 aromatic carbocycles. The first-order valence-electron chi connectivity index (χ1n) is 16.0. The van der Waals surface area contributed by atoms with Crippen molar-refractivity contribution < 1.29 is 80.9 Å². The Morgan fingerprint density at radius 2 is 1.36 bits per heavy atom. The van der Waals surface area contributed by atoms with Gasteiger partial charge in [0.25, 0.3) is 0 Å². The second kappa shape index (κ2) is 19.8. The molecule has 1 saturated heterocycles. The lowest BCUT2D eigenvalue weighted by molar-refractivity contribution is -0.194. The van der Waals surface area contributed by atoms with E-state index in [-0.39, 0.29) is 36.2 Å². The van der Waals surface area contributed by atoms with E-state index in [0.717, 1.165) is 13.0 Å². The fourth-order valence-corrected chi connectivity index (χ4v) is 5.12. The number of carbonyl (C=O) groups is 6. The molecule has 6 atom stereocenters. The third-order valence-electron chi connectivity index (χ3n) is 7.16. The molecular formula is C36H42O17. The maximum atomic E-state index is 12.9. The summed E-state index contributed by atoms with van der Waals surface area (Å²) in [6.45, 7) is 5.53. The van der Waals surface area contributed by atoms with Crippen molar-refractivity contribution in [2.24, 2.45) is 0 Å². The van der Waals surface area contributed by atoms with Gasteiger partial charge in [0.1, 0.15) is 12.7 Å². The predicted octanol–water partition coefficient (Wildman–Crippen LogP) is 3.04. The largest absolute Gasteiger partial charge is 0.493 e. The lowest BCUT2D eigenvalue weighted by Gasteiger charge is -2.28. The van der Waals surface area contributed by atoms with Crippen molar-refractivity contribution in [1.29, 1.82) is 0 Å². The fraction of sp³-hybridized carbons (Fsp3) is 0.444. The van der Waals surface area contributed by atoms with Gasteiger partial charge < -0.3 is 52.1 Å². The second-order valence-electron chi connectivity index (χ2n) is 11.3. The van der Waals surface area contributed by atoms with Crippen LogP contribution in [-0.4, -0.2) is 101 Å². The summed E-state index contributed by atoms with van der Waals surface area (Å²) in [7, 11) is 4.13. The zero-order chi connectivity index (χ0) is 39.2. The number of hydrogen-bond donors (Lipinski definition) is 0. The van der Waals surface area contributed by atoms with Gasteiger partial charge in [-0.25, -0.2) is 4.79 Å². The van der Waals surface area contributed by atoms with Gasteiger partial charge in [0.15, 0.2) is 41.3 Å². The summed E-state index contributed by atoms with van der Waals surface area (Å²) in [5.74, 6) is -3.53. The number of ether oxygens (including phenoxy) is 11. The molecule has 0 saturated carbocycles. The first kappa shape index (κ1) is 41.7. The van der Waals surface area contributed by atoms with Crippen molar-refractivity contribution in [2.45, 2.75) is 71.4 Å². The predicted molar refractivity (Wildman–Crippen MR) is 180 cm³/mol. The Balaban J connectivity index is 1.87. The van der Waals surface area contributed by atoms with E-state index in [0.29, 0.717) is 11.1 Å². The lowest BCUT2D eigenvalue weighted by atomic mass is 10.0. The highest BCUT2D eigenvalue weighted by Crippen LogP contribution is 2.37. The van der Waals surface area contributed by atoms with Gasteiger partial charge in [0, 0.05) is 53.4 Å². The Morgan fingerprint density at radius 1 is 0.717 bits per heavy atom. The van der Waals surface area contributed by atoms with Gasteiger partial charge in [-0.2, -0.15) is 0 Å². The Kier molecular flexibility index (Phi) is 15.6. The van der Waals surface area contributed by atoms with Gasteiger partial charge in [-0.05, 0) is 35.9 Å². The third kappa shape index (κ3) is 12.5. The van der Waals surface area contributed by atoms with Crippen LogP contribution in [0.5, 0.6) is 23.0 Å². The van der Waals surface area contributed by atoms with Crippen LogP contribution in [0.4, 0.5) is 0 Å². The summed E-state index contributed by atoms with van der Waals surface area (Å²) >= 11 is 0. The van der Waals surface area contributed by atoms with Crippen molar-refractivity contribution in [3.05, 3.63) is 53.6 Å². The molecule has 1 fully saturated rings. The van der Waals surface area contributed by atoms with E-state index in [1.807, 2.05) is 0 Å². The monoisotopic (exact) mass is 746 g/mol. The number of hydrogen-bond acceptors (Lipinski definition) is 17. The summed E-state index contributed by atoms with van der Waals surface area (Å²) in [4.78, 5) is 72.0. The van der Waals surface area contributed by atoms with Gasteiger partial charge in [-0.1, -0.05) is 12.1 Å². The van der Waals surface area contributed by atoms with E-state index in [1.165, 1.54) is 85.4 Å². The molecule has 0 bridgehead atoms. The normalized spacial score (nSPS) is 18.9. The van der Waals surface area contributed by atoms with Crippen LogP contribution in [0.15, 0.2) is 42.5 Å². The minimum atomic E-state index is -1.41. The van der Waals surface area contributed by atoms with E-state index in [9.17, 15) is 28.8 Å². The number of benzene rings is 2. The molecule has 1 aliphatic rings. The molecule has 53 heavy (non-hydrogen) atoms. The van der Waals surface area contributed by atoms with Gasteiger partial charge in [-0.15, -0.1) is 0 Å². The molecular weight excluding hydrogens is 704 g/mol. The summed E-state index contributed by atoms with van der Waals surface area (Å²) in [6.07, 6.45) is -4.47. The van der Waals surface area contributed by atoms with Gasteiger partial charge in [-0.3, -0.25) is 24.0 Å². The molecule has 2 unspecified atom stereocenters. The van der Waals surface area contributed by atoms with Gasteiger partial charge in [0.05, 0.1) is 20.8 Å². The van der Waals surface area contributed by atoms with Crippen LogP contribution in [0, 0.1) is 0 Å². The molecule has 1 heterocycles. The molecule has 17 nitrogen and oxygen atoms in total.